The number of ether oxygens (including phenoxy) is 1. The number of benzene rings is 1. The van der Waals surface area contributed by atoms with Crippen LogP contribution in [0.1, 0.15) is 12.8 Å². The first-order chi connectivity index (χ1) is 12.1. The molecule has 0 amide bonds. The van der Waals surface area contributed by atoms with E-state index < -0.39 is 4.92 Å². The Kier molecular flexibility index (Phi) is 5.36. The summed E-state index contributed by atoms with van der Waals surface area (Å²) in [7, 11) is 0. The minimum Gasteiger partial charge on any atom is -0.485 e. The lowest BCUT2D eigenvalue weighted by molar-refractivity contribution is -0.421. The maximum absolute atomic E-state index is 11.3. The van der Waals surface area contributed by atoms with Gasteiger partial charge in [0.05, 0.1) is 20.5 Å². The third-order valence-electron chi connectivity index (χ3n) is 3.74. The molecule has 0 unspecified atom stereocenters. The summed E-state index contributed by atoms with van der Waals surface area (Å²) in [4.78, 5) is 15.2. The standard InChI is InChI=1S/C18H14Cl2N2O3/c19-14-10-15(20)18(17-13(14)7-4-5-9-21-17)25-11-12-6-2-1-3-8-16(12)22(23)24/h1-2,5-10H,3-4,11H2. The number of hydrogen-bond acceptors (Lipinski definition) is 4. The summed E-state index contributed by atoms with van der Waals surface area (Å²) in [6, 6.07) is 1.60. The molecule has 0 fully saturated rings. The van der Waals surface area contributed by atoms with E-state index in [0.717, 1.165) is 5.22 Å². The zero-order valence-electron chi connectivity index (χ0n) is 13.1. The number of halogens is 2. The van der Waals surface area contributed by atoms with Crippen molar-refractivity contribution in [2.45, 2.75) is 12.8 Å². The van der Waals surface area contributed by atoms with E-state index in [1.165, 1.54) is 0 Å². The fourth-order valence-corrected chi connectivity index (χ4v) is 3.14. The van der Waals surface area contributed by atoms with Gasteiger partial charge in [0, 0.05) is 11.4 Å². The lowest BCUT2D eigenvalue weighted by atomic mass is 10.2. The number of rotatable bonds is 4. The fourth-order valence-electron chi connectivity index (χ4n) is 2.56. The van der Waals surface area contributed by atoms with Crippen LogP contribution in [0.3, 0.4) is 0 Å². The van der Waals surface area contributed by atoms with Crippen LogP contribution in [0.15, 0.2) is 58.9 Å². The van der Waals surface area contributed by atoms with E-state index in [1.54, 1.807) is 30.5 Å². The first kappa shape index (κ1) is 17.5. The second kappa shape index (κ2) is 7.68. The van der Waals surface area contributed by atoms with Gasteiger partial charge in [0.15, 0.2) is 5.75 Å². The largest absolute Gasteiger partial charge is 0.485 e. The van der Waals surface area contributed by atoms with Gasteiger partial charge in [0.1, 0.15) is 12.0 Å². The summed E-state index contributed by atoms with van der Waals surface area (Å²) in [5, 5.41) is 13.3. The monoisotopic (exact) mass is 376 g/mol. The molecule has 3 rings (SSSR count). The molecule has 0 atom stereocenters. The molecule has 0 spiro atoms. The molecule has 1 aromatic carbocycles. The van der Waals surface area contributed by atoms with Crippen molar-refractivity contribution in [2.75, 3.05) is 6.61 Å². The highest BCUT2D eigenvalue weighted by Crippen LogP contribution is 2.24. The van der Waals surface area contributed by atoms with Gasteiger partial charge in [-0.05, 0) is 31.1 Å². The zero-order valence-corrected chi connectivity index (χ0v) is 14.6. The molecular formula is C18H14Cl2N2O3. The van der Waals surface area contributed by atoms with E-state index in [1.807, 2.05) is 18.2 Å². The van der Waals surface area contributed by atoms with E-state index in [9.17, 15) is 10.1 Å². The van der Waals surface area contributed by atoms with Crippen LogP contribution >= 0.6 is 23.2 Å². The highest BCUT2D eigenvalue weighted by molar-refractivity contribution is 6.35. The quantitative estimate of drug-likeness (QED) is 0.593. The van der Waals surface area contributed by atoms with E-state index in [0.29, 0.717) is 39.6 Å². The molecule has 7 heteroatoms. The first-order valence-corrected chi connectivity index (χ1v) is 8.38. The van der Waals surface area contributed by atoms with Gasteiger partial charge in [-0.2, -0.15) is 0 Å². The van der Waals surface area contributed by atoms with Crippen LogP contribution in [0, 0.1) is 10.1 Å². The highest BCUT2D eigenvalue weighted by Gasteiger charge is 2.19. The summed E-state index contributed by atoms with van der Waals surface area (Å²) in [6.07, 6.45) is 13.5. The van der Waals surface area contributed by atoms with Crippen molar-refractivity contribution >= 4 is 29.3 Å². The molecule has 0 bridgehead atoms. The normalized spacial score (nSPS) is 15.8. The predicted molar refractivity (Wildman–Crippen MR) is 97.9 cm³/mol. The molecule has 1 aromatic rings. The lowest BCUT2D eigenvalue weighted by Crippen LogP contribution is -2.28. The van der Waals surface area contributed by atoms with Gasteiger partial charge in [-0.1, -0.05) is 47.5 Å². The van der Waals surface area contributed by atoms with E-state index in [2.05, 4.69) is 4.99 Å². The average Bonchev–Trinajstić information content (AvgIpc) is 2.95. The Morgan fingerprint density at radius 3 is 2.80 bits per heavy atom. The average molecular weight is 377 g/mol. The van der Waals surface area contributed by atoms with Crippen LogP contribution in [-0.4, -0.2) is 11.5 Å². The summed E-state index contributed by atoms with van der Waals surface area (Å²) >= 11 is 12.5. The van der Waals surface area contributed by atoms with Crippen LogP contribution in [0.4, 0.5) is 0 Å². The van der Waals surface area contributed by atoms with Gasteiger partial charge in [0.2, 0.25) is 0 Å². The number of fused-ring (bicyclic) bond motifs is 1. The Bertz CT molecular complexity index is 960. The molecule has 0 aromatic heterocycles. The Balaban J connectivity index is 1.99. The Labute approximate surface area is 154 Å². The van der Waals surface area contributed by atoms with Gasteiger partial charge < -0.3 is 4.74 Å². The van der Waals surface area contributed by atoms with Crippen molar-refractivity contribution < 1.29 is 9.66 Å². The van der Waals surface area contributed by atoms with Crippen molar-refractivity contribution in [3.05, 3.63) is 84.7 Å². The molecular weight excluding hydrogens is 363 g/mol. The van der Waals surface area contributed by atoms with E-state index >= 15 is 0 Å². The minimum absolute atomic E-state index is 0.00415. The van der Waals surface area contributed by atoms with Gasteiger partial charge >= 0.3 is 0 Å². The Morgan fingerprint density at radius 2 is 2.00 bits per heavy atom. The smallest absolute Gasteiger partial charge is 0.272 e. The summed E-state index contributed by atoms with van der Waals surface area (Å²) in [5.41, 5.74) is 0.497. The second-order valence-electron chi connectivity index (χ2n) is 5.38. The topological polar surface area (TPSA) is 64.7 Å². The van der Waals surface area contributed by atoms with Crippen LogP contribution in [-0.2, 0) is 0 Å². The minimum atomic E-state index is -0.410. The fraction of sp³-hybridized carbons (Fsp3) is 0.167. The number of allylic oxidation sites excluding steroid dienone is 5. The Hall–Kier alpha value is -2.37. The number of nitrogens with zero attached hydrogens (tertiary/aromatic N) is 2. The molecule has 128 valence electrons. The highest BCUT2D eigenvalue weighted by atomic mass is 35.5. The van der Waals surface area contributed by atoms with Crippen LogP contribution in [0.2, 0.25) is 10.0 Å². The molecule has 25 heavy (non-hydrogen) atoms. The first-order valence-electron chi connectivity index (χ1n) is 7.62. The maximum atomic E-state index is 11.3. The summed E-state index contributed by atoms with van der Waals surface area (Å²) in [5.74, 6) is 0.362. The van der Waals surface area contributed by atoms with Gasteiger partial charge in [0.25, 0.3) is 5.70 Å². The van der Waals surface area contributed by atoms with Gasteiger partial charge in [-0.15, -0.1) is 0 Å². The molecule has 0 N–H and O–H groups in total. The third kappa shape index (κ3) is 3.83. The summed E-state index contributed by atoms with van der Waals surface area (Å²) < 4.78 is 5.84. The van der Waals surface area contributed by atoms with Crippen molar-refractivity contribution in [3.8, 4) is 5.75 Å². The van der Waals surface area contributed by atoms with E-state index in [4.69, 9.17) is 27.9 Å². The van der Waals surface area contributed by atoms with E-state index in [-0.39, 0.29) is 12.3 Å². The SMILES string of the molecule is O=[N+]([O-])C1=CCC=CC=C1COc1c(Cl)cc(Cl)c2c1=NC=CCC=2. The van der Waals surface area contributed by atoms with Crippen LogP contribution in [0.5, 0.6) is 5.75 Å². The van der Waals surface area contributed by atoms with Gasteiger partial charge in [-0.25, -0.2) is 0 Å². The van der Waals surface area contributed by atoms with Crippen LogP contribution in [0.25, 0.3) is 6.08 Å². The molecule has 0 saturated heterocycles. The van der Waals surface area contributed by atoms with Crippen molar-refractivity contribution in [1.29, 1.82) is 0 Å². The number of nitro groups is 1. The number of hydrogen-bond donors (Lipinski definition) is 0. The lowest BCUT2D eigenvalue weighted by Gasteiger charge is -2.11. The maximum Gasteiger partial charge on any atom is 0.272 e. The second-order valence-corrected chi connectivity index (χ2v) is 6.19. The zero-order chi connectivity index (χ0) is 17.8. The molecule has 1 aliphatic heterocycles. The predicted octanol–water partition coefficient (Wildman–Crippen LogP) is 3.74. The molecule has 0 saturated carbocycles. The molecule has 0 radical (unpaired) electrons. The van der Waals surface area contributed by atoms with Crippen LogP contribution < -0.4 is 15.3 Å². The molecule has 1 heterocycles. The third-order valence-corrected chi connectivity index (χ3v) is 4.34. The molecule has 5 nitrogen and oxygen atoms in total. The van der Waals surface area contributed by atoms with Crippen molar-refractivity contribution in [3.63, 3.8) is 0 Å². The van der Waals surface area contributed by atoms with Gasteiger partial charge in [-0.3, -0.25) is 15.1 Å². The van der Waals surface area contributed by atoms with Crippen molar-refractivity contribution in [2.24, 2.45) is 4.99 Å². The molecule has 2 aliphatic rings. The Morgan fingerprint density at radius 1 is 1.20 bits per heavy atom. The van der Waals surface area contributed by atoms with Crippen molar-refractivity contribution in [1.82, 2.24) is 0 Å². The molecule has 1 aliphatic carbocycles. The summed E-state index contributed by atoms with van der Waals surface area (Å²) in [6.45, 7) is 0.00415.